The summed E-state index contributed by atoms with van der Waals surface area (Å²) in [6.07, 6.45) is 6.54. The van der Waals surface area contributed by atoms with Gasteiger partial charge in [0.15, 0.2) is 0 Å². The van der Waals surface area contributed by atoms with Crippen LogP contribution in [-0.4, -0.2) is 37.1 Å². The maximum atomic E-state index is 3.59. The van der Waals surface area contributed by atoms with Gasteiger partial charge in [0.2, 0.25) is 0 Å². The van der Waals surface area contributed by atoms with E-state index in [1.54, 1.807) is 0 Å². The molecule has 0 radical (unpaired) electrons. The van der Waals surface area contributed by atoms with Gasteiger partial charge in [0, 0.05) is 43.3 Å². The Kier molecular flexibility index (Phi) is 6.90. The van der Waals surface area contributed by atoms with Crippen molar-refractivity contribution in [3.63, 3.8) is 0 Å². The van der Waals surface area contributed by atoms with Crippen molar-refractivity contribution in [1.29, 1.82) is 0 Å². The van der Waals surface area contributed by atoms with Crippen molar-refractivity contribution >= 4 is 5.69 Å². The van der Waals surface area contributed by atoms with Crippen molar-refractivity contribution in [3.8, 4) is 23.7 Å². The Morgan fingerprint density at radius 2 is 1.38 bits per heavy atom. The van der Waals surface area contributed by atoms with E-state index < -0.39 is 0 Å². The molecule has 4 rings (SSSR count). The molecule has 2 aliphatic rings. The molecule has 0 amide bonds. The normalized spacial score (nSPS) is 18.8. The van der Waals surface area contributed by atoms with Crippen molar-refractivity contribution in [3.05, 3.63) is 66.2 Å². The van der Waals surface area contributed by atoms with Gasteiger partial charge in [-0.1, -0.05) is 79.3 Å². The second kappa shape index (κ2) is 10.2. The molecular formula is C27H30N2. The third-order valence-electron chi connectivity index (χ3n) is 5.96. The molecule has 2 aromatic rings. The van der Waals surface area contributed by atoms with Crippen LogP contribution in [0.25, 0.3) is 0 Å². The molecule has 0 N–H and O–H groups in total. The van der Waals surface area contributed by atoms with Crippen LogP contribution in [0.15, 0.2) is 60.7 Å². The molecule has 2 aromatic carbocycles. The highest BCUT2D eigenvalue weighted by Gasteiger charge is 2.22. The molecule has 0 bridgehead atoms. The van der Waals surface area contributed by atoms with Crippen LogP contribution in [0, 0.1) is 29.6 Å². The van der Waals surface area contributed by atoms with Crippen LogP contribution in [0.5, 0.6) is 0 Å². The predicted molar refractivity (Wildman–Crippen MR) is 122 cm³/mol. The van der Waals surface area contributed by atoms with Crippen molar-refractivity contribution in [2.24, 2.45) is 5.92 Å². The lowest BCUT2D eigenvalue weighted by Gasteiger charge is -2.37. The summed E-state index contributed by atoms with van der Waals surface area (Å²) in [4.78, 5) is 4.93. The van der Waals surface area contributed by atoms with Crippen molar-refractivity contribution in [2.45, 2.75) is 38.1 Å². The minimum atomic E-state index is 0.0232. The van der Waals surface area contributed by atoms with E-state index in [0.717, 1.165) is 31.7 Å². The molecule has 2 fully saturated rings. The van der Waals surface area contributed by atoms with Crippen LogP contribution < -0.4 is 4.90 Å². The summed E-state index contributed by atoms with van der Waals surface area (Å²) in [5, 5.41) is 0. The number of nitrogens with zero attached hydrogens (tertiary/aromatic N) is 2. The van der Waals surface area contributed by atoms with E-state index >= 15 is 0 Å². The van der Waals surface area contributed by atoms with Gasteiger partial charge in [-0.25, -0.2) is 0 Å². The van der Waals surface area contributed by atoms with Crippen LogP contribution in [0.1, 0.15) is 37.7 Å². The Morgan fingerprint density at radius 3 is 2.07 bits per heavy atom. The van der Waals surface area contributed by atoms with E-state index in [1.165, 1.54) is 37.8 Å². The highest BCUT2D eigenvalue weighted by molar-refractivity contribution is 5.46. The molecule has 1 unspecified atom stereocenters. The van der Waals surface area contributed by atoms with E-state index in [2.05, 4.69) is 75.9 Å². The van der Waals surface area contributed by atoms with Gasteiger partial charge < -0.3 is 4.90 Å². The summed E-state index contributed by atoms with van der Waals surface area (Å²) in [5.41, 5.74) is 2.38. The van der Waals surface area contributed by atoms with Crippen molar-refractivity contribution in [1.82, 2.24) is 4.90 Å². The Hall–Kier alpha value is -2.68. The highest BCUT2D eigenvalue weighted by Crippen LogP contribution is 2.23. The smallest absolute Gasteiger partial charge is 0.134 e. The van der Waals surface area contributed by atoms with Crippen LogP contribution in [0.4, 0.5) is 5.69 Å². The number of hydrogen-bond acceptors (Lipinski definition) is 2. The monoisotopic (exact) mass is 382 g/mol. The van der Waals surface area contributed by atoms with Gasteiger partial charge in [-0.15, -0.1) is 0 Å². The molecule has 1 atom stereocenters. The number of hydrogen-bond donors (Lipinski definition) is 0. The Balaban J connectivity index is 1.46. The largest absolute Gasteiger partial charge is 0.369 e. The van der Waals surface area contributed by atoms with Crippen LogP contribution in [-0.2, 0) is 0 Å². The Morgan fingerprint density at radius 1 is 0.724 bits per heavy atom. The second-order valence-corrected chi connectivity index (χ2v) is 8.02. The molecule has 1 heterocycles. The molecule has 1 saturated carbocycles. The summed E-state index contributed by atoms with van der Waals surface area (Å²) >= 11 is 0. The molecule has 29 heavy (non-hydrogen) atoms. The average Bonchev–Trinajstić information content (AvgIpc) is 2.81. The lowest BCUT2D eigenvalue weighted by atomic mass is 9.89. The molecular weight excluding hydrogens is 352 g/mol. The van der Waals surface area contributed by atoms with Crippen LogP contribution >= 0.6 is 0 Å². The maximum absolute atomic E-state index is 3.59. The number of anilines is 1. The quantitative estimate of drug-likeness (QED) is 0.688. The maximum Gasteiger partial charge on any atom is 0.134 e. The molecule has 1 aliphatic carbocycles. The number of benzene rings is 2. The SMILES string of the molecule is C(#CC(C#CC1CCCCC1)N1CCN(c2ccccc2)CC1)c1ccccc1. The Labute approximate surface area is 175 Å². The van der Waals surface area contributed by atoms with E-state index in [9.17, 15) is 0 Å². The third kappa shape index (κ3) is 5.66. The van der Waals surface area contributed by atoms with E-state index in [4.69, 9.17) is 0 Å². The fourth-order valence-electron chi connectivity index (χ4n) is 4.21. The summed E-state index contributed by atoms with van der Waals surface area (Å²) in [6, 6.07) is 21.0. The summed E-state index contributed by atoms with van der Waals surface area (Å²) in [5.74, 6) is 14.6. The molecule has 2 nitrogen and oxygen atoms in total. The second-order valence-electron chi connectivity index (χ2n) is 8.02. The van der Waals surface area contributed by atoms with E-state index in [0.29, 0.717) is 5.92 Å². The van der Waals surface area contributed by atoms with Crippen LogP contribution in [0.2, 0.25) is 0 Å². The molecule has 0 spiro atoms. The van der Waals surface area contributed by atoms with Gasteiger partial charge in [-0.05, 0) is 37.1 Å². The van der Waals surface area contributed by atoms with Gasteiger partial charge in [-0.2, -0.15) is 0 Å². The zero-order valence-electron chi connectivity index (χ0n) is 17.2. The zero-order chi connectivity index (χ0) is 19.7. The van der Waals surface area contributed by atoms with Gasteiger partial charge >= 0.3 is 0 Å². The minimum absolute atomic E-state index is 0.0232. The van der Waals surface area contributed by atoms with Gasteiger partial charge in [0.05, 0.1) is 0 Å². The van der Waals surface area contributed by atoms with E-state index in [1.807, 2.05) is 18.2 Å². The van der Waals surface area contributed by atoms with Gasteiger partial charge in [0.25, 0.3) is 0 Å². The van der Waals surface area contributed by atoms with Crippen molar-refractivity contribution < 1.29 is 0 Å². The number of para-hydroxylation sites is 1. The van der Waals surface area contributed by atoms with Crippen LogP contribution in [0.3, 0.4) is 0 Å². The van der Waals surface area contributed by atoms with Gasteiger partial charge in [-0.3, -0.25) is 4.90 Å². The zero-order valence-corrected chi connectivity index (χ0v) is 17.2. The summed E-state index contributed by atoms with van der Waals surface area (Å²) < 4.78 is 0. The molecule has 1 saturated heterocycles. The molecule has 148 valence electrons. The number of piperazine rings is 1. The first-order valence-electron chi connectivity index (χ1n) is 11.0. The highest BCUT2D eigenvalue weighted by atomic mass is 15.3. The number of rotatable bonds is 2. The standard InChI is InChI=1S/C27H30N2/c1-4-10-24(11-5-1)16-18-27(19-17-25-12-6-2-7-13-25)29-22-20-28(21-23-29)26-14-8-3-9-15-26/h1,3-5,8-11,14-15,25,27H,2,6-7,12-13,20-23H2. The fourth-order valence-corrected chi connectivity index (χ4v) is 4.21. The van der Waals surface area contributed by atoms with E-state index in [-0.39, 0.29) is 6.04 Å². The third-order valence-corrected chi connectivity index (χ3v) is 5.96. The minimum Gasteiger partial charge on any atom is -0.369 e. The first-order valence-corrected chi connectivity index (χ1v) is 11.0. The summed E-state index contributed by atoms with van der Waals surface area (Å²) in [7, 11) is 0. The summed E-state index contributed by atoms with van der Waals surface area (Å²) in [6.45, 7) is 4.06. The molecule has 0 aromatic heterocycles. The molecule has 1 aliphatic heterocycles. The molecule has 2 heteroatoms. The predicted octanol–water partition coefficient (Wildman–Crippen LogP) is 4.81. The fraction of sp³-hybridized carbons (Fsp3) is 0.407. The lowest BCUT2D eigenvalue weighted by Crippen LogP contribution is -2.49. The average molecular weight is 383 g/mol. The van der Waals surface area contributed by atoms with Crippen molar-refractivity contribution in [2.75, 3.05) is 31.1 Å². The topological polar surface area (TPSA) is 6.48 Å². The first kappa shape index (κ1) is 19.6. The first-order chi connectivity index (χ1) is 14.4. The Bertz CT molecular complexity index is 868. The van der Waals surface area contributed by atoms with Gasteiger partial charge in [0.1, 0.15) is 6.04 Å². The lowest BCUT2D eigenvalue weighted by molar-refractivity contribution is 0.254.